The van der Waals surface area contributed by atoms with Crippen LogP contribution in [-0.2, 0) is 6.54 Å². The van der Waals surface area contributed by atoms with E-state index in [1.165, 1.54) is 5.56 Å². The Morgan fingerprint density at radius 2 is 2.40 bits per heavy atom. The molecule has 1 heterocycles. The number of hydrogen-bond acceptors (Lipinski definition) is 3. The molecule has 0 amide bonds. The van der Waals surface area contributed by atoms with Gasteiger partial charge in [0.1, 0.15) is 0 Å². The zero-order chi connectivity index (χ0) is 10.9. The van der Waals surface area contributed by atoms with Crippen molar-refractivity contribution in [3.05, 3.63) is 29.6 Å². The van der Waals surface area contributed by atoms with Crippen LogP contribution in [0.15, 0.2) is 18.3 Å². The second kappa shape index (κ2) is 7.33. The fraction of sp³-hybridized carbons (Fsp3) is 0.417. The van der Waals surface area contributed by atoms with Crippen LogP contribution in [0.25, 0.3) is 0 Å². The number of terminal acetylenes is 1. The van der Waals surface area contributed by atoms with Crippen LogP contribution >= 0.6 is 11.8 Å². The number of hydrogen-bond donors (Lipinski definition) is 1. The summed E-state index contributed by atoms with van der Waals surface area (Å²) >= 11 is 1.78. The van der Waals surface area contributed by atoms with E-state index in [0.29, 0.717) is 0 Å². The van der Waals surface area contributed by atoms with Crippen molar-refractivity contribution < 1.29 is 0 Å². The molecule has 0 aromatic carbocycles. The summed E-state index contributed by atoms with van der Waals surface area (Å²) < 4.78 is 0. The molecule has 15 heavy (non-hydrogen) atoms. The van der Waals surface area contributed by atoms with E-state index in [9.17, 15) is 0 Å². The first-order valence-electron chi connectivity index (χ1n) is 4.96. The summed E-state index contributed by atoms with van der Waals surface area (Å²) in [4.78, 5) is 4.24. The van der Waals surface area contributed by atoms with Gasteiger partial charge >= 0.3 is 0 Å². The van der Waals surface area contributed by atoms with Gasteiger partial charge in [0.25, 0.3) is 0 Å². The molecule has 0 aliphatic rings. The first kappa shape index (κ1) is 12.1. The van der Waals surface area contributed by atoms with Crippen LogP contribution in [0, 0.1) is 19.3 Å². The summed E-state index contributed by atoms with van der Waals surface area (Å²) in [7, 11) is 0. The number of rotatable bonds is 6. The first-order chi connectivity index (χ1) is 7.33. The summed E-state index contributed by atoms with van der Waals surface area (Å²) in [6.45, 7) is 3.86. The van der Waals surface area contributed by atoms with Gasteiger partial charge in [0, 0.05) is 30.7 Å². The molecular weight excluding hydrogens is 204 g/mol. The monoisotopic (exact) mass is 220 g/mol. The third kappa shape index (κ3) is 5.46. The van der Waals surface area contributed by atoms with Gasteiger partial charge in [-0.2, -0.15) is 0 Å². The smallest absolute Gasteiger partial charge is 0.0545 e. The molecule has 0 fully saturated rings. The third-order valence-corrected chi connectivity index (χ3v) is 2.77. The van der Waals surface area contributed by atoms with Crippen molar-refractivity contribution in [2.75, 3.05) is 18.1 Å². The first-order valence-corrected chi connectivity index (χ1v) is 6.12. The Hall–Kier alpha value is -0.980. The van der Waals surface area contributed by atoms with E-state index in [-0.39, 0.29) is 0 Å². The quantitative estimate of drug-likeness (QED) is 0.585. The van der Waals surface area contributed by atoms with Gasteiger partial charge in [-0.25, -0.2) is 0 Å². The van der Waals surface area contributed by atoms with E-state index in [0.717, 1.165) is 30.3 Å². The Bertz CT molecular complexity index is 313. The zero-order valence-electron chi connectivity index (χ0n) is 8.99. The highest BCUT2D eigenvalue weighted by atomic mass is 32.2. The number of pyridine rings is 1. The average molecular weight is 220 g/mol. The molecule has 0 spiro atoms. The normalized spacial score (nSPS) is 9.87. The van der Waals surface area contributed by atoms with Gasteiger partial charge in [-0.05, 0) is 18.6 Å². The predicted octanol–water partition coefficient (Wildman–Crippen LogP) is 1.85. The highest BCUT2D eigenvalue weighted by Gasteiger charge is 1.92. The second-order valence-corrected chi connectivity index (χ2v) is 4.35. The maximum Gasteiger partial charge on any atom is 0.0545 e. The summed E-state index contributed by atoms with van der Waals surface area (Å²) in [5, 5.41) is 3.35. The molecule has 1 rings (SSSR count). The lowest BCUT2D eigenvalue weighted by Crippen LogP contribution is -2.16. The summed E-state index contributed by atoms with van der Waals surface area (Å²) in [6, 6.07) is 4.13. The van der Waals surface area contributed by atoms with Crippen molar-refractivity contribution >= 4 is 11.8 Å². The van der Waals surface area contributed by atoms with Crippen LogP contribution in [0.3, 0.4) is 0 Å². The van der Waals surface area contributed by atoms with Gasteiger partial charge in [0.15, 0.2) is 0 Å². The van der Waals surface area contributed by atoms with Crippen molar-refractivity contribution in [2.45, 2.75) is 13.5 Å². The largest absolute Gasteiger partial charge is 0.312 e. The molecule has 0 unspecified atom stereocenters. The fourth-order valence-corrected chi connectivity index (χ4v) is 1.66. The molecule has 1 aromatic rings. The van der Waals surface area contributed by atoms with Crippen LogP contribution in [0.2, 0.25) is 0 Å². The van der Waals surface area contributed by atoms with Crippen LogP contribution in [-0.4, -0.2) is 23.0 Å². The minimum absolute atomic E-state index is 0.799. The maximum atomic E-state index is 5.15. The van der Waals surface area contributed by atoms with E-state index < -0.39 is 0 Å². The number of nitrogens with one attached hydrogen (secondary N) is 1. The van der Waals surface area contributed by atoms with Gasteiger partial charge in [-0.15, -0.1) is 18.2 Å². The molecule has 0 aliphatic heterocycles. The summed E-state index contributed by atoms with van der Waals surface area (Å²) in [5.41, 5.74) is 2.28. The molecule has 0 radical (unpaired) electrons. The Morgan fingerprint density at radius 1 is 1.53 bits per heavy atom. The van der Waals surface area contributed by atoms with E-state index in [1.54, 1.807) is 11.8 Å². The van der Waals surface area contributed by atoms with Crippen molar-refractivity contribution in [2.24, 2.45) is 0 Å². The standard InChI is InChI=1S/C12H16N2S/c1-3-7-15-8-6-13-9-12-5-4-11(2)14-10-12/h1,4-5,10,13H,6-9H2,2H3. The molecule has 0 saturated heterocycles. The SMILES string of the molecule is C#CCSCCNCc1ccc(C)nc1. The molecule has 80 valence electrons. The van der Waals surface area contributed by atoms with Gasteiger partial charge in [0.2, 0.25) is 0 Å². The van der Waals surface area contributed by atoms with Crippen molar-refractivity contribution in [1.29, 1.82) is 0 Å². The molecule has 2 nitrogen and oxygen atoms in total. The molecule has 0 bridgehead atoms. The number of aryl methyl sites for hydroxylation is 1. The average Bonchev–Trinajstić information content (AvgIpc) is 2.26. The molecule has 1 aromatic heterocycles. The Labute approximate surface area is 95.9 Å². The van der Waals surface area contributed by atoms with Crippen LogP contribution in [0.5, 0.6) is 0 Å². The highest BCUT2D eigenvalue weighted by Crippen LogP contribution is 1.99. The highest BCUT2D eigenvalue weighted by molar-refractivity contribution is 7.99. The lowest BCUT2D eigenvalue weighted by atomic mass is 10.2. The lowest BCUT2D eigenvalue weighted by Gasteiger charge is -2.03. The van der Waals surface area contributed by atoms with Crippen LogP contribution < -0.4 is 5.32 Å². The molecule has 0 saturated carbocycles. The van der Waals surface area contributed by atoms with Gasteiger partial charge in [0.05, 0.1) is 5.75 Å². The number of nitrogens with zero attached hydrogens (tertiary/aromatic N) is 1. The van der Waals surface area contributed by atoms with E-state index in [1.807, 2.05) is 19.2 Å². The fourth-order valence-electron chi connectivity index (χ4n) is 1.11. The summed E-state index contributed by atoms with van der Waals surface area (Å²) in [5.74, 6) is 4.47. The van der Waals surface area contributed by atoms with Crippen LogP contribution in [0.1, 0.15) is 11.3 Å². The Morgan fingerprint density at radius 3 is 3.07 bits per heavy atom. The minimum Gasteiger partial charge on any atom is -0.312 e. The van der Waals surface area contributed by atoms with Crippen molar-refractivity contribution in [1.82, 2.24) is 10.3 Å². The molecule has 3 heteroatoms. The van der Waals surface area contributed by atoms with E-state index >= 15 is 0 Å². The van der Waals surface area contributed by atoms with Gasteiger partial charge in [-0.1, -0.05) is 12.0 Å². The Kier molecular flexibility index (Phi) is 5.91. The van der Waals surface area contributed by atoms with Gasteiger partial charge in [-0.3, -0.25) is 4.98 Å². The van der Waals surface area contributed by atoms with Crippen LogP contribution in [0.4, 0.5) is 0 Å². The topological polar surface area (TPSA) is 24.9 Å². The Balaban J connectivity index is 2.10. The van der Waals surface area contributed by atoms with Crippen molar-refractivity contribution in [3.63, 3.8) is 0 Å². The molecule has 0 aliphatic carbocycles. The van der Waals surface area contributed by atoms with E-state index in [2.05, 4.69) is 22.3 Å². The predicted molar refractivity (Wildman–Crippen MR) is 66.8 cm³/mol. The number of aromatic nitrogens is 1. The third-order valence-electron chi connectivity index (χ3n) is 1.91. The molecule has 0 atom stereocenters. The molecule has 1 N–H and O–H groups in total. The molecular formula is C12H16N2S. The van der Waals surface area contributed by atoms with E-state index in [4.69, 9.17) is 6.42 Å². The van der Waals surface area contributed by atoms with Crippen molar-refractivity contribution in [3.8, 4) is 12.3 Å². The number of thioether (sulfide) groups is 1. The summed E-state index contributed by atoms with van der Waals surface area (Å²) in [6.07, 6.45) is 7.06. The second-order valence-electron chi connectivity index (χ2n) is 3.24. The zero-order valence-corrected chi connectivity index (χ0v) is 9.81. The minimum atomic E-state index is 0.799. The lowest BCUT2D eigenvalue weighted by molar-refractivity contribution is 0.729. The maximum absolute atomic E-state index is 5.15. The van der Waals surface area contributed by atoms with Gasteiger partial charge < -0.3 is 5.32 Å².